The fraction of sp³-hybridized carbons (Fsp3) is 0.840. The molecule has 0 bridgehead atoms. The van der Waals surface area contributed by atoms with Crippen molar-refractivity contribution in [2.75, 3.05) is 6.61 Å². The number of rotatable bonds is 12. The van der Waals surface area contributed by atoms with Crippen LogP contribution in [0.25, 0.3) is 0 Å². The van der Waals surface area contributed by atoms with Gasteiger partial charge in [0.05, 0.1) is 6.10 Å². The van der Waals surface area contributed by atoms with Crippen LogP contribution in [0.4, 0.5) is 0 Å². The van der Waals surface area contributed by atoms with Crippen molar-refractivity contribution in [3.05, 3.63) is 12.7 Å². The van der Waals surface area contributed by atoms with Gasteiger partial charge in [0.25, 0.3) is 0 Å². The van der Waals surface area contributed by atoms with Gasteiger partial charge in [-0.15, -0.1) is 18.9 Å². The Morgan fingerprint density at radius 2 is 1.48 bits per heavy atom. The first-order valence-corrected chi connectivity index (χ1v) is 17.2. The van der Waals surface area contributed by atoms with Crippen LogP contribution in [0.1, 0.15) is 74.1 Å². The quantitative estimate of drug-likeness (QED) is 0.133. The highest BCUT2D eigenvalue weighted by Gasteiger charge is 2.41. The molecule has 0 rings (SSSR count). The molecule has 0 radical (unpaired) electrons. The maximum Gasteiger partial charge on any atom is 0.192 e. The summed E-state index contributed by atoms with van der Waals surface area (Å²) >= 11 is 0. The Morgan fingerprint density at radius 3 is 1.90 bits per heavy atom. The molecule has 29 heavy (non-hydrogen) atoms. The number of terminal acetylenes is 1. The average Bonchev–Trinajstić information content (AvgIpc) is 2.54. The van der Waals surface area contributed by atoms with E-state index in [0.717, 1.165) is 32.3 Å². The molecule has 0 aliphatic rings. The Kier molecular flexibility index (Phi) is 11.2. The monoisotopic (exact) mass is 438 g/mol. The second kappa shape index (κ2) is 11.3. The molecule has 0 aliphatic heterocycles. The van der Waals surface area contributed by atoms with Crippen molar-refractivity contribution in [1.29, 1.82) is 0 Å². The third-order valence-corrected chi connectivity index (χ3v) is 16.3. The van der Waals surface area contributed by atoms with Gasteiger partial charge < -0.3 is 8.85 Å². The van der Waals surface area contributed by atoms with Gasteiger partial charge in [0, 0.05) is 13.0 Å². The van der Waals surface area contributed by atoms with E-state index in [4.69, 9.17) is 15.3 Å². The van der Waals surface area contributed by atoms with Crippen LogP contribution in [0.5, 0.6) is 0 Å². The van der Waals surface area contributed by atoms with Crippen LogP contribution in [0.3, 0.4) is 0 Å². The van der Waals surface area contributed by atoms with Crippen molar-refractivity contribution in [2.45, 2.75) is 117 Å². The van der Waals surface area contributed by atoms with Crippen LogP contribution in [-0.2, 0) is 8.85 Å². The molecule has 0 saturated carbocycles. The van der Waals surface area contributed by atoms with Crippen molar-refractivity contribution in [3.8, 4) is 12.3 Å². The van der Waals surface area contributed by atoms with E-state index in [1.165, 1.54) is 0 Å². The van der Waals surface area contributed by atoms with Crippen molar-refractivity contribution >= 4 is 16.6 Å². The van der Waals surface area contributed by atoms with Gasteiger partial charge in [0.2, 0.25) is 0 Å². The molecule has 3 atom stereocenters. The average molecular weight is 439 g/mol. The van der Waals surface area contributed by atoms with Crippen LogP contribution >= 0.6 is 0 Å². The Labute approximate surface area is 185 Å². The van der Waals surface area contributed by atoms with Gasteiger partial charge in [-0.1, -0.05) is 61.0 Å². The molecule has 0 amide bonds. The van der Waals surface area contributed by atoms with Crippen molar-refractivity contribution < 1.29 is 8.85 Å². The van der Waals surface area contributed by atoms with Crippen LogP contribution < -0.4 is 0 Å². The van der Waals surface area contributed by atoms with Crippen molar-refractivity contribution in [1.82, 2.24) is 0 Å². The Hall–Kier alpha value is -0.346. The van der Waals surface area contributed by atoms with Crippen LogP contribution in [0.15, 0.2) is 12.7 Å². The van der Waals surface area contributed by atoms with Gasteiger partial charge in [0.15, 0.2) is 16.6 Å². The van der Waals surface area contributed by atoms with Crippen molar-refractivity contribution in [3.63, 3.8) is 0 Å². The lowest BCUT2D eigenvalue weighted by molar-refractivity contribution is 0.115. The molecule has 170 valence electrons. The summed E-state index contributed by atoms with van der Waals surface area (Å²) in [5.41, 5.74) is 0. The van der Waals surface area contributed by atoms with E-state index in [1.807, 2.05) is 6.08 Å². The van der Waals surface area contributed by atoms with Gasteiger partial charge in [-0.05, 0) is 60.9 Å². The highest BCUT2D eigenvalue weighted by atomic mass is 28.4. The van der Waals surface area contributed by atoms with E-state index < -0.39 is 16.6 Å². The summed E-state index contributed by atoms with van der Waals surface area (Å²) < 4.78 is 13.1. The molecule has 0 unspecified atom stereocenters. The lowest BCUT2D eigenvalue weighted by atomic mass is 9.83. The molecule has 0 aliphatic carbocycles. The summed E-state index contributed by atoms with van der Waals surface area (Å²) in [4.78, 5) is 0. The topological polar surface area (TPSA) is 18.5 Å². The second-order valence-electron chi connectivity index (χ2n) is 11.7. The zero-order valence-electron chi connectivity index (χ0n) is 21.4. The third kappa shape index (κ3) is 9.13. The van der Waals surface area contributed by atoms with E-state index in [-0.39, 0.29) is 16.2 Å². The number of hydrogen-bond donors (Lipinski definition) is 0. The number of unbranched alkanes of at least 4 members (excludes halogenated alkanes) is 1. The molecule has 0 aromatic heterocycles. The first-order chi connectivity index (χ1) is 13.0. The van der Waals surface area contributed by atoms with E-state index in [0.29, 0.717) is 11.8 Å². The second-order valence-corrected chi connectivity index (χ2v) is 21.3. The molecular weight excluding hydrogens is 388 g/mol. The molecule has 0 heterocycles. The van der Waals surface area contributed by atoms with E-state index in [1.54, 1.807) is 0 Å². The lowest BCUT2D eigenvalue weighted by Gasteiger charge is -2.42. The normalized spacial score (nSPS) is 16.8. The van der Waals surface area contributed by atoms with E-state index in [2.05, 4.69) is 87.2 Å². The molecule has 2 nitrogen and oxygen atoms in total. The third-order valence-electron chi connectivity index (χ3n) is 7.26. The van der Waals surface area contributed by atoms with Crippen LogP contribution in [0, 0.1) is 24.2 Å². The Bertz CT molecular complexity index is 532. The van der Waals surface area contributed by atoms with Crippen LogP contribution in [-0.4, -0.2) is 29.3 Å². The molecule has 0 N–H and O–H groups in total. The molecule has 0 fully saturated rings. The minimum absolute atomic E-state index is 0.0700. The molecule has 0 spiro atoms. The van der Waals surface area contributed by atoms with Gasteiger partial charge in [0.1, 0.15) is 0 Å². The van der Waals surface area contributed by atoms with Gasteiger partial charge in [-0.25, -0.2) is 0 Å². The van der Waals surface area contributed by atoms with Gasteiger partial charge in [-0.2, -0.15) is 0 Å². The summed E-state index contributed by atoms with van der Waals surface area (Å²) in [5.74, 6) is 3.69. The highest BCUT2D eigenvalue weighted by Crippen LogP contribution is 2.40. The highest BCUT2D eigenvalue weighted by molar-refractivity contribution is 6.74. The number of hydrogen-bond acceptors (Lipinski definition) is 2. The Balaban J connectivity index is 5.03. The van der Waals surface area contributed by atoms with E-state index >= 15 is 0 Å². The van der Waals surface area contributed by atoms with Gasteiger partial charge >= 0.3 is 0 Å². The van der Waals surface area contributed by atoms with Crippen LogP contribution in [0.2, 0.25) is 36.3 Å². The maximum atomic E-state index is 6.76. The lowest BCUT2D eigenvalue weighted by Crippen LogP contribution is -2.46. The molecule has 0 aromatic rings. The first-order valence-electron chi connectivity index (χ1n) is 11.4. The minimum atomic E-state index is -1.86. The molecular formula is C25H50O2Si2. The predicted molar refractivity (Wildman–Crippen MR) is 135 cm³/mol. The largest absolute Gasteiger partial charge is 0.417 e. The Morgan fingerprint density at radius 1 is 0.966 bits per heavy atom. The standard InChI is InChI=1S/C25H50O2Si2/c1-14-18-21(3)22(23(15-2)27-29(12,13)25(7,8)9)19-16-17-20-26-28(10,11)24(4,5)6/h1,15,21-23H,2,16-20H2,3-13H3/t21-,22+,23-/m1/s1. The summed E-state index contributed by atoms with van der Waals surface area (Å²) in [5, 5.41) is 0.451. The summed E-state index contributed by atoms with van der Waals surface area (Å²) in [7, 11) is -3.52. The summed E-state index contributed by atoms with van der Waals surface area (Å²) in [6, 6.07) is 0. The van der Waals surface area contributed by atoms with Crippen molar-refractivity contribution in [2.24, 2.45) is 11.8 Å². The predicted octanol–water partition coefficient (Wildman–Crippen LogP) is 8.03. The molecule has 4 heteroatoms. The fourth-order valence-electron chi connectivity index (χ4n) is 2.96. The molecule has 0 saturated heterocycles. The first kappa shape index (κ1) is 28.7. The SMILES string of the molecule is C#CC[C@@H](C)[C@H](CCCCO[Si](C)(C)C(C)(C)C)[C@@H](C=C)O[Si](C)(C)C(C)(C)C. The zero-order chi connectivity index (χ0) is 23.1. The summed E-state index contributed by atoms with van der Waals surface area (Å²) in [6.45, 7) is 30.3. The fourth-order valence-corrected chi connectivity index (χ4v) is 5.36. The summed E-state index contributed by atoms with van der Waals surface area (Å²) in [6.07, 6.45) is 11.9. The zero-order valence-corrected chi connectivity index (χ0v) is 23.4. The van der Waals surface area contributed by atoms with Gasteiger partial charge in [-0.3, -0.25) is 0 Å². The van der Waals surface area contributed by atoms with E-state index in [9.17, 15) is 0 Å². The molecule has 0 aromatic carbocycles. The maximum absolute atomic E-state index is 6.76. The minimum Gasteiger partial charge on any atom is -0.417 e. The smallest absolute Gasteiger partial charge is 0.192 e.